The molecule has 3 aromatic rings. The van der Waals surface area contributed by atoms with Crippen molar-refractivity contribution in [3.8, 4) is 0 Å². The van der Waals surface area contributed by atoms with E-state index in [2.05, 4.69) is 25.7 Å². The van der Waals surface area contributed by atoms with Crippen LogP contribution in [-0.4, -0.2) is 54.3 Å². The van der Waals surface area contributed by atoms with Crippen LogP contribution >= 0.6 is 0 Å². The number of halogens is 1. The first-order chi connectivity index (χ1) is 16.2. The van der Waals surface area contributed by atoms with E-state index in [4.69, 9.17) is 0 Å². The summed E-state index contributed by atoms with van der Waals surface area (Å²) in [5.41, 5.74) is 1.43. The Hall–Kier alpha value is -4.22. The number of carbonyl (C=O) groups is 4. The Labute approximate surface area is 192 Å². The van der Waals surface area contributed by atoms with Gasteiger partial charge in [-0.25, -0.2) is 4.68 Å². The summed E-state index contributed by atoms with van der Waals surface area (Å²) in [6.07, 6.45) is 1.74. The van der Waals surface area contributed by atoms with Crippen molar-refractivity contribution in [2.45, 2.75) is 45.3 Å². The quantitative estimate of drug-likeness (QED) is 0.440. The molecule has 2 aliphatic heterocycles. The van der Waals surface area contributed by atoms with E-state index in [0.29, 0.717) is 11.1 Å². The first-order valence-electron chi connectivity index (χ1n) is 10.7. The van der Waals surface area contributed by atoms with Crippen molar-refractivity contribution in [2.24, 2.45) is 0 Å². The number of nitrogens with zero attached hydrogens (tertiary/aromatic N) is 5. The summed E-state index contributed by atoms with van der Waals surface area (Å²) in [5, 5.41) is 9.01. The zero-order valence-corrected chi connectivity index (χ0v) is 18.3. The van der Waals surface area contributed by atoms with Gasteiger partial charge in [-0.05, 0) is 44.0 Å². The molecule has 1 aromatic carbocycles. The van der Waals surface area contributed by atoms with Gasteiger partial charge in [0.1, 0.15) is 6.04 Å². The van der Waals surface area contributed by atoms with Gasteiger partial charge in [0.25, 0.3) is 11.8 Å². The SMILES string of the molecule is CC(C)n1ncc2c(F)nc(NC(=O)c3ccc4c(c3)CN(C3CCC(=O)NC3=O)C4=O)nc21. The maximum atomic E-state index is 14.4. The van der Waals surface area contributed by atoms with E-state index in [1.807, 2.05) is 13.8 Å². The second kappa shape index (κ2) is 7.97. The number of nitrogens with one attached hydrogen (secondary N) is 2. The lowest BCUT2D eigenvalue weighted by atomic mass is 10.0. The molecule has 174 valence electrons. The minimum atomic E-state index is -0.799. The van der Waals surface area contributed by atoms with Crippen molar-refractivity contribution in [3.63, 3.8) is 0 Å². The van der Waals surface area contributed by atoms with Gasteiger partial charge >= 0.3 is 0 Å². The third kappa shape index (κ3) is 3.56. The number of fused-ring (bicyclic) bond motifs is 2. The molecule has 0 bridgehead atoms. The molecule has 0 aliphatic carbocycles. The number of aromatic nitrogens is 4. The molecule has 4 amide bonds. The van der Waals surface area contributed by atoms with Crippen molar-refractivity contribution in [1.29, 1.82) is 0 Å². The number of amides is 4. The largest absolute Gasteiger partial charge is 0.322 e. The monoisotopic (exact) mass is 465 g/mol. The van der Waals surface area contributed by atoms with Gasteiger partial charge in [0.05, 0.1) is 11.6 Å². The van der Waals surface area contributed by atoms with Gasteiger partial charge in [0, 0.05) is 30.1 Å². The van der Waals surface area contributed by atoms with Gasteiger partial charge < -0.3 is 4.90 Å². The third-order valence-electron chi connectivity index (χ3n) is 5.91. The number of carbonyl (C=O) groups excluding carboxylic acids is 4. The van der Waals surface area contributed by atoms with Crippen LogP contribution in [0.5, 0.6) is 0 Å². The molecule has 1 fully saturated rings. The van der Waals surface area contributed by atoms with Crippen LogP contribution in [0.25, 0.3) is 11.0 Å². The summed E-state index contributed by atoms with van der Waals surface area (Å²) >= 11 is 0. The van der Waals surface area contributed by atoms with Gasteiger partial charge in [-0.3, -0.25) is 29.8 Å². The van der Waals surface area contributed by atoms with E-state index < -0.39 is 23.8 Å². The fraction of sp³-hybridized carbons (Fsp3) is 0.318. The number of benzene rings is 1. The Kier molecular flexibility index (Phi) is 5.07. The first-order valence-corrected chi connectivity index (χ1v) is 10.7. The molecule has 2 N–H and O–H groups in total. The highest BCUT2D eigenvalue weighted by Crippen LogP contribution is 2.28. The Morgan fingerprint density at radius 3 is 2.76 bits per heavy atom. The molecule has 11 nitrogen and oxygen atoms in total. The van der Waals surface area contributed by atoms with E-state index in [0.717, 1.165) is 0 Å². The van der Waals surface area contributed by atoms with Crippen LogP contribution in [0.2, 0.25) is 0 Å². The van der Waals surface area contributed by atoms with E-state index in [1.54, 1.807) is 6.07 Å². The third-order valence-corrected chi connectivity index (χ3v) is 5.91. The Balaban J connectivity index is 1.37. The van der Waals surface area contributed by atoms with Crippen molar-refractivity contribution < 1.29 is 23.6 Å². The summed E-state index contributed by atoms with van der Waals surface area (Å²) in [7, 11) is 0. The molecule has 2 aromatic heterocycles. The Bertz CT molecular complexity index is 1380. The first kappa shape index (κ1) is 21.6. The van der Waals surface area contributed by atoms with Crippen LogP contribution in [0, 0.1) is 5.95 Å². The molecule has 1 atom stereocenters. The number of anilines is 1. The van der Waals surface area contributed by atoms with Gasteiger partial charge in [0.2, 0.25) is 23.7 Å². The molecule has 1 unspecified atom stereocenters. The lowest BCUT2D eigenvalue weighted by Gasteiger charge is -2.29. The minimum absolute atomic E-state index is 0.0723. The van der Waals surface area contributed by atoms with Gasteiger partial charge in [-0.2, -0.15) is 19.5 Å². The molecule has 0 spiro atoms. The topological polar surface area (TPSA) is 139 Å². The summed E-state index contributed by atoms with van der Waals surface area (Å²) in [4.78, 5) is 58.6. The summed E-state index contributed by atoms with van der Waals surface area (Å²) in [6, 6.07) is 3.70. The Morgan fingerprint density at radius 2 is 2.03 bits per heavy atom. The summed E-state index contributed by atoms with van der Waals surface area (Å²) in [6.45, 7) is 3.87. The number of hydrogen-bond donors (Lipinski definition) is 2. The normalized spacial score (nSPS) is 17.9. The smallest absolute Gasteiger partial charge is 0.258 e. The van der Waals surface area contributed by atoms with Crippen LogP contribution in [0.1, 0.15) is 59.0 Å². The second-order valence-electron chi connectivity index (χ2n) is 8.48. The molecular formula is C22H20FN7O4. The van der Waals surface area contributed by atoms with E-state index in [1.165, 1.54) is 27.9 Å². The van der Waals surface area contributed by atoms with Crippen LogP contribution in [0.3, 0.4) is 0 Å². The maximum absolute atomic E-state index is 14.4. The zero-order valence-electron chi connectivity index (χ0n) is 18.3. The molecule has 1 saturated heterocycles. The fourth-order valence-electron chi connectivity index (χ4n) is 4.21. The van der Waals surface area contributed by atoms with E-state index >= 15 is 0 Å². The van der Waals surface area contributed by atoms with Crippen LogP contribution in [0.15, 0.2) is 24.4 Å². The van der Waals surface area contributed by atoms with Crippen LogP contribution < -0.4 is 10.6 Å². The Morgan fingerprint density at radius 1 is 1.24 bits per heavy atom. The van der Waals surface area contributed by atoms with E-state index in [-0.39, 0.29) is 59.8 Å². The second-order valence-corrected chi connectivity index (χ2v) is 8.48. The highest BCUT2D eigenvalue weighted by Gasteiger charge is 2.39. The molecule has 0 radical (unpaired) electrons. The zero-order chi connectivity index (χ0) is 24.1. The summed E-state index contributed by atoms with van der Waals surface area (Å²) in [5.74, 6) is -2.80. The lowest BCUT2D eigenvalue weighted by Crippen LogP contribution is -2.52. The van der Waals surface area contributed by atoms with Crippen molar-refractivity contribution in [1.82, 2.24) is 30.0 Å². The van der Waals surface area contributed by atoms with Crippen LogP contribution in [-0.2, 0) is 16.1 Å². The standard InChI is InChI=1S/C22H20FN7O4/c1-10(2)30-18-14(8-24-30)17(23)26-22(27-18)28-19(32)11-3-4-13-12(7-11)9-29(21(13)34)15-5-6-16(31)25-20(15)33/h3-4,7-8,10,15H,5-6,9H2,1-2H3,(H,25,31,33)(H,26,27,28,32). The number of imide groups is 1. The maximum Gasteiger partial charge on any atom is 0.258 e. The molecule has 12 heteroatoms. The van der Waals surface area contributed by atoms with Crippen LogP contribution in [0.4, 0.5) is 10.3 Å². The predicted molar refractivity (Wildman–Crippen MR) is 116 cm³/mol. The average molecular weight is 465 g/mol. The highest BCUT2D eigenvalue weighted by molar-refractivity contribution is 6.07. The molecular weight excluding hydrogens is 445 g/mol. The molecule has 0 saturated carbocycles. The average Bonchev–Trinajstić information content (AvgIpc) is 3.35. The van der Waals surface area contributed by atoms with Gasteiger partial charge in [0.15, 0.2) is 5.65 Å². The number of rotatable bonds is 4. The van der Waals surface area contributed by atoms with Crippen molar-refractivity contribution >= 4 is 40.6 Å². The molecule has 5 rings (SSSR count). The van der Waals surface area contributed by atoms with Gasteiger partial charge in [-0.15, -0.1) is 0 Å². The predicted octanol–water partition coefficient (Wildman–Crippen LogP) is 1.56. The number of hydrogen-bond acceptors (Lipinski definition) is 7. The lowest BCUT2D eigenvalue weighted by molar-refractivity contribution is -0.136. The molecule has 4 heterocycles. The van der Waals surface area contributed by atoms with Crippen molar-refractivity contribution in [2.75, 3.05) is 5.32 Å². The summed E-state index contributed by atoms with van der Waals surface area (Å²) < 4.78 is 16.0. The van der Waals surface area contributed by atoms with Crippen molar-refractivity contribution in [3.05, 3.63) is 47.0 Å². The number of piperidine rings is 1. The van der Waals surface area contributed by atoms with E-state index in [9.17, 15) is 23.6 Å². The highest BCUT2D eigenvalue weighted by atomic mass is 19.1. The fourth-order valence-corrected chi connectivity index (χ4v) is 4.21. The molecule has 2 aliphatic rings. The minimum Gasteiger partial charge on any atom is -0.322 e. The molecule has 34 heavy (non-hydrogen) atoms. The van der Waals surface area contributed by atoms with Gasteiger partial charge in [-0.1, -0.05) is 0 Å².